The predicted molar refractivity (Wildman–Crippen MR) is 55.2 cm³/mol. The van der Waals surface area contributed by atoms with Crippen molar-refractivity contribution in [3.05, 3.63) is 35.7 Å². The van der Waals surface area contributed by atoms with Crippen LogP contribution in [0.5, 0.6) is 0 Å². The molecule has 0 saturated carbocycles. The number of aromatic nitrogens is 3. The smallest absolute Gasteiger partial charge is 0.239 e. The molecule has 0 bridgehead atoms. The van der Waals surface area contributed by atoms with Gasteiger partial charge < -0.3 is 5.73 Å². The van der Waals surface area contributed by atoms with Gasteiger partial charge in [-0.1, -0.05) is 6.07 Å². The van der Waals surface area contributed by atoms with Crippen LogP contribution in [0.2, 0.25) is 0 Å². The number of nitriles is 1. The lowest BCUT2D eigenvalue weighted by molar-refractivity contribution is 0.879. The molecule has 0 fully saturated rings. The number of nitrogen functional groups attached to an aromatic ring is 1. The van der Waals surface area contributed by atoms with Gasteiger partial charge in [0.05, 0.1) is 11.3 Å². The van der Waals surface area contributed by atoms with Gasteiger partial charge in [-0.15, -0.1) is 5.10 Å². The summed E-state index contributed by atoms with van der Waals surface area (Å²) in [5, 5.41) is 12.9. The number of nitrogens with zero attached hydrogens (tertiary/aromatic N) is 4. The van der Waals surface area contributed by atoms with Crippen molar-refractivity contribution in [3.8, 4) is 11.8 Å². The average Bonchev–Trinajstić information content (AvgIpc) is 2.64. The van der Waals surface area contributed by atoms with E-state index in [0.717, 1.165) is 5.56 Å². The van der Waals surface area contributed by atoms with Crippen molar-refractivity contribution in [2.45, 2.75) is 6.92 Å². The minimum Gasteiger partial charge on any atom is -0.366 e. The molecule has 2 rings (SSSR count). The zero-order chi connectivity index (χ0) is 10.8. The highest BCUT2D eigenvalue weighted by molar-refractivity contribution is 5.50. The summed E-state index contributed by atoms with van der Waals surface area (Å²) in [4.78, 5) is 3.81. The lowest BCUT2D eigenvalue weighted by atomic mass is 10.1. The van der Waals surface area contributed by atoms with Crippen LogP contribution in [0.25, 0.3) is 5.69 Å². The molecule has 0 aliphatic rings. The van der Waals surface area contributed by atoms with Crippen molar-refractivity contribution in [3.63, 3.8) is 0 Å². The lowest BCUT2D eigenvalue weighted by Crippen LogP contribution is -1.99. The number of aryl methyl sites for hydroxylation is 1. The minimum atomic E-state index is 0.194. The van der Waals surface area contributed by atoms with Crippen molar-refractivity contribution < 1.29 is 0 Å². The van der Waals surface area contributed by atoms with Crippen molar-refractivity contribution in [1.29, 1.82) is 5.26 Å². The molecule has 0 aliphatic carbocycles. The molecule has 0 unspecified atom stereocenters. The van der Waals surface area contributed by atoms with E-state index in [9.17, 15) is 0 Å². The average molecular weight is 199 g/mol. The Bertz CT molecular complexity index is 535. The number of hydrogen-bond donors (Lipinski definition) is 1. The summed E-state index contributed by atoms with van der Waals surface area (Å²) in [6.45, 7) is 1.93. The van der Waals surface area contributed by atoms with Gasteiger partial charge in [-0.05, 0) is 24.6 Å². The molecular formula is C10H9N5. The van der Waals surface area contributed by atoms with Gasteiger partial charge in [0, 0.05) is 0 Å². The number of benzene rings is 1. The van der Waals surface area contributed by atoms with E-state index in [1.807, 2.05) is 19.1 Å². The number of hydrogen-bond acceptors (Lipinski definition) is 4. The normalized spacial score (nSPS) is 9.87. The van der Waals surface area contributed by atoms with E-state index >= 15 is 0 Å². The maximum atomic E-state index is 8.97. The van der Waals surface area contributed by atoms with Gasteiger partial charge in [-0.25, -0.2) is 9.67 Å². The predicted octanol–water partition coefficient (Wildman–Crippen LogP) is 1.03. The first kappa shape index (κ1) is 9.21. The molecule has 0 radical (unpaired) electrons. The summed E-state index contributed by atoms with van der Waals surface area (Å²) in [5.41, 5.74) is 7.69. The summed E-state index contributed by atoms with van der Waals surface area (Å²) >= 11 is 0. The molecule has 5 heteroatoms. The highest BCUT2D eigenvalue weighted by Gasteiger charge is 2.05. The third-order valence-corrected chi connectivity index (χ3v) is 2.03. The molecule has 5 nitrogen and oxygen atoms in total. The van der Waals surface area contributed by atoms with Crippen LogP contribution in [0, 0.1) is 18.3 Å². The molecule has 2 aromatic rings. The van der Waals surface area contributed by atoms with Gasteiger partial charge in [0.2, 0.25) is 5.95 Å². The fourth-order valence-corrected chi connectivity index (χ4v) is 1.33. The topological polar surface area (TPSA) is 80.5 Å². The Morgan fingerprint density at radius 3 is 2.87 bits per heavy atom. The molecule has 0 atom stereocenters. The first-order chi connectivity index (χ1) is 7.20. The van der Waals surface area contributed by atoms with Crippen LogP contribution in [0.1, 0.15) is 11.1 Å². The van der Waals surface area contributed by atoms with E-state index in [1.165, 1.54) is 11.0 Å². The van der Waals surface area contributed by atoms with Gasteiger partial charge >= 0.3 is 0 Å². The third-order valence-electron chi connectivity index (χ3n) is 2.03. The fourth-order valence-electron chi connectivity index (χ4n) is 1.33. The fraction of sp³-hybridized carbons (Fsp3) is 0.100. The molecule has 0 spiro atoms. The Hall–Kier alpha value is -2.35. The molecular weight excluding hydrogens is 190 g/mol. The maximum absolute atomic E-state index is 8.97. The summed E-state index contributed by atoms with van der Waals surface area (Å²) in [6.07, 6.45) is 1.49. The third kappa shape index (κ3) is 1.65. The summed E-state index contributed by atoms with van der Waals surface area (Å²) < 4.78 is 1.49. The van der Waals surface area contributed by atoms with Crippen LogP contribution in [-0.2, 0) is 0 Å². The van der Waals surface area contributed by atoms with E-state index in [0.29, 0.717) is 11.3 Å². The van der Waals surface area contributed by atoms with Crippen LogP contribution in [-0.4, -0.2) is 14.8 Å². The number of nitrogens with two attached hydrogens (primary N) is 1. The summed E-state index contributed by atoms with van der Waals surface area (Å²) in [6, 6.07) is 7.65. The Morgan fingerprint density at radius 1 is 1.47 bits per heavy atom. The van der Waals surface area contributed by atoms with Gasteiger partial charge in [-0.3, -0.25) is 0 Å². The molecule has 15 heavy (non-hydrogen) atoms. The largest absolute Gasteiger partial charge is 0.366 e. The Balaban J connectivity index is 2.58. The summed E-state index contributed by atoms with van der Waals surface area (Å²) in [7, 11) is 0. The molecule has 0 aliphatic heterocycles. The van der Waals surface area contributed by atoms with Gasteiger partial charge in [-0.2, -0.15) is 5.26 Å². The van der Waals surface area contributed by atoms with Gasteiger partial charge in [0.1, 0.15) is 12.4 Å². The maximum Gasteiger partial charge on any atom is 0.239 e. The molecule has 0 saturated heterocycles. The van der Waals surface area contributed by atoms with Crippen LogP contribution in [0.4, 0.5) is 5.95 Å². The van der Waals surface area contributed by atoms with Gasteiger partial charge in [0.15, 0.2) is 0 Å². The van der Waals surface area contributed by atoms with Crippen molar-refractivity contribution >= 4 is 5.95 Å². The zero-order valence-corrected chi connectivity index (χ0v) is 8.18. The van der Waals surface area contributed by atoms with Crippen molar-refractivity contribution in [1.82, 2.24) is 14.8 Å². The number of anilines is 1. The second kappa shape index (κ2) is 3.42. The SMILES string of the molecule is Cc1ccc(-n2cnc(N)n2)c(C#N)c1. The highest BCUT2D eigenvalue weighted by atomic mass is 15.4. The monoisotopic (exact) mass is 199 g/mol. The second-order valence-corrected chi connectivity index (χ2v) is 3.18. The highest BCUT2D eigenvalue weighted by Crippen LogP contribution is 2.14. The lowest BCUT2D eigenvalue weighted by Gasteiger charge is -2.03. The van der Waals surface area contributed by atoms with Crippen LogP contribution in [0.3, 0.4) is 0 Å². The Kier molecular flexibility index (Phi) is 2.10. The van der Waals surface area contributed by atoms with Crippen LogP contribution in [0.15, 0.2) is 24.5 Å². The van der Waals surface area contributed by atoms with E-state index < -0.39 is 0 Å². The molecule has 1 aromatic carbocycles. The first-order valence-corrected chi connectivity index (χ1v) is 4.39. The Morgan fingerprint density at radius 2 is 2.27 bits per heavy atom. The van der Waals surface area contributed by atoms with Crippen LogP contribution < -0.4 is 5.73 Å². The molecule has 0 amide bonds. The van der Waals surface area contributed by atoms with E-state index in [1.54, 1.807) is 6.07 Å². The first-order valence-electron chi connectivity index (χ1n) is 4.39. The van der Waals surface area contributed by atoms with E-state index in [4.69, 9.17) is 11.0 Å². The molecule has 2 N–H and O–H groups in total. The van der Waals surface area contributed by atoms with Crippen LogP contribution >= 0.6 is 0 Å². The summed E-state index contributed by atoms with van der Waals surface area (Å²) in [5.74, 6) is 0.194. The number of rotatable bonds is 1. The Labute approximate surface area is 86.8 Å². The second-order valence-electron chi connectivity index (χ2n) is 3.18. The van der Waals surface area contributed by atoms with Crippen molar-refractivity contribution in [2.75, 3.05) is 5.73 Å². The minimum absolute atomic E-state index is 0.194. The van der Waals surface area contributed by atoms with Gasteiger partial charge in [0.25, 0.3) is 0 Å². The molecule has 74 valence electrons. The zero-order valence-electron chi connectivity index (χ0n) is 8.18. The van der Waals surface area contributed by atoms with Crippen molar-refractivity contribution in [2.24, 2.45) is 0 Å². The quantitative estimate of drug-likeness (QED) is 0.743. The molecule has 1 heterocycles. The van der Waals surface area contributed by atoms with E-state index in [-0.39, 0.29) is 5.95 Å². The van der Waals surface area contributed by atoms with E-state index in [2.05, 4.69) is 16.2 Å². The standard InChI is InChI=1S/C10H9N5/c1-7-2-3-9(8(4-7)5-11)15-6-13-10(12)14-15/h2-4,6H,1H3,(H2,12,14). The molecule has 1 aromatic heterocycles.